The van der Waals surface area contributed by atoms with Crippen LogP contribution in [0.15, 0.2) is 22.7 Å². The Morgan fingerprint density at radius 1 is 1.38 bits per heavy atom. The highest BCUT2D eigenvalue weighted by Crippen LogP contribution is 2.25. The Kier molecular flexibility index (Phi) is 7.89. The van der Waals surface area contributed by atoms with Gasteiger partial charge >= 0.3 is 0 Å². The Morgan fingerprint density at radius 2 is 2.10 bits per heavy atom. The number of hydrogen-bond donors (Lipinski definition) is 1. The summed E-state index contributed by atoms with van der Waals surface area (Å²) in [5, 5.41) is 14.7. The van der Waals surface area contributed by atoms with E-state index in [0.29, 0.717) is 12.0 Å². The molecule has 0 aliphatic rings. The molecule has 0 saturated carbocycles. The summed E-state index contributed by atoms with van der Waals surface area (Å²) in [7, 11) is 0. The molecular formula is C16H25BrN2O2. The number of hydrogen-bond acceptors (Lipinski definition) is 3. The van der Waals surface area contributed by atoms with E-state index in [-0.39, 0.29) is 10.6 Å². The van der Waals surface area contributed by atoms with Crippen LogP contribution in [0.25, 0.3) is 0 Å². The van der Waals surface area contributed by atoms with Crippen LogP contribution in [-0.2, 0) is 6.42 Å². The van der Waals surface area contributed by atoms with Crippen LogP contribution in [-0.4, -0.2) is 17.5 Å². The number of rotatable bonds is 9. The van der Waals surface area contributed by atoms with Gasteiger partial charge < -0.3 is 5.32 Å². The van der Waals surface area contributed by atoms with E-state index in [0.717, 1.165) is 42.3 Å². The van der Waals surface area contributed by atoms with Crippen molar-refractivity contribution in [1.29, 1.82) is 0 Å². The van der Waals surface area contributed by atoms with Gasteiger partial charge in [0.05, 0.1) is 4.92 Å². The molecule has 0 heterocycles. The molecule has 4 nitrogen and oxygen atoms in total. The number of aryl methyl sites for hydroxylation is 1. The Morgan fingerprint density at radius 3 is 2.67 bits per heavy atom. The number of nitro groups is 1. The summed E-state index contributed by atoms with van der Waals surface area (Å²) in [5.74, 6) is 0.624. The van der Waals surface area contributed by atoms with Crippen LogP contribution in [0.4, 0.5) is 5.69 Å². The Labute approximate surface area is 135 Å². The summed E-state index contributed by atoms with van der Waals surface area (Å²) in [6.45, 7) is 7.57. The van der Waals surface area contributed by atoms with Crippen molar-refractivity contribution in [3.8, 4) is 0 Å². The van der Waals surface area contributed by atoms with Gasteiger partial charge in [-0.05, 0) is 44.2 Å². The standard InChI is InChI=1S/C16H25BrN2O2/c1-4-9-18-15(10-12(2)3)8-6-13-5-7-14(17)11-16(13)19(20)21/h5,7,11-12,15,18H,4,6,8-10H2,1-3H3. The molecule has 1 aromatic carbocycles. The minimum atomic E-state index is -0.295. The average molecular weight is 357 g/mol. The molecule has 0 aliphatic carbocycles. The predicted molar refractivity (Wildman–Crippen MR) is 90.7 cm³/mol. The van der Waals surface area contributed by atoms with Crippen molar-refractivity contribution in [3.63, 3.8) is 0 Å². The van der Waals surface area contributed by atoms with Crippen LogP contribution < -0.4 is 5.32 Å². The number of nitro benzene ring substituents is 1. The predicted octanol–water partition coefficient (Wildman–Crippen LogP) is 4.70. The van der Waals surface area contributed by atoms with Crippen LogP contribution >= 0.6 is 15.9 Å². The molecule has 0 bridgehead atoms. The van der Waals surface area contributed by atoms with E-state index in [1.54, 1.807) is 6.07 Å². The first-order valence-corrected chi connectivity index (χ1v) is 8.39. The average Bonchev–Trinajstić information content (AvgIpc) is 2.42. The fourth-order valence-corrected chi connectivity index (χ4v) is 2.82. The van der Waals surface area contributed by atoms with Gasteiger partial charge in [0.2, 0.25) is 0 Å². The molecule has 0 aromatic heterocycles. The van der Waals surface area contributed by atoms with E-state index in [9.17, 15) is 10.1 Å². The van der Waals surface area contributed by atoms with Crippen molar-refractivity contribution >= 4 is 21.6 Å². The number of nitrogens with zero attached hydrogens (tertiary/aromatic N) is 1. The van der Waals surface area contributed by atoms with Crippen molar-refractivity contribution in [2.75, 3.05) is 6.54 Å². The molecule has 0 spiro atoms. The molecule has 1 atom stereocenters. The maximum Gasteiger partial charge on any atom is 0.273 e. The summed E-state index contributed by atoms with van der Waals surface area (Å²) in [5.41, 5.74) is 1.03. The highest BCUT2D eigenvalue weighted by atomic mass is 79.9. The molecule has 21 heavy (non-hydrogen) atoms. The van der Waals surface area contributed by atoms with E-state index in [4.69, 9.17) is 0 Å². The van der Waals surface area contributed by atoms with Crippen molar-refractivity contribution < 1.29 is 4.92 Å². The Balaban J connectivity index is 2.72. The fraction of sp³-hybridized carbons (Fsp3) is 0.625. The third-order valence-electron chi connectivity index (χ3n) is 3.45. The quantitative estimate of drug-likeness (QED) is 0.515. The molecule has 1 aromatic rings. The smallest absolute Gasteiger partial charge is 0.273 e. The van der Waals surface area contributed by atoms with Gasteiger partial charge in [-0.2, -0.15) is 0 Å². The number of halogens is 1. The van der Waals surface area contributed by atoms with Crippen LogP contribution in [0, 0.1) is 16.0 Å². The molecule has 1 rings (SSSR count). The lowest BCUT2D eigenvalue weighted by atomic mass is 9.96. The Hall–Kier alpha value is -0.940. The lowest BCUT2D eigenvalue weighted by Gasteiger charge is -2.20. The van der Waals surface area contributed by atoms with Gasteiger partial charge in [-0.15, -0.1) is 0 Å². The molecule has 0 saturated heterocycles. The number of nitrogens with one attached hydrogen (secondary N) is 1. The minimum Gasteiger partial charge on any atom is -0.314 e. The van der Waals surface area contributed by atoms with Crippen molar-refractivity contribution in [2.24, 2.45) is 5.92 Å². The second-order valence-corrected chi connectivity index (χ2v) is 6.77. The lowest BCUT2D eigenvalue weighted by molar-refractivity contribution is -0.385. The van der Waals surface area contributed by atoms with E-state index in [2.05, 4.69) is 42.0 Å². The third-order valence-corrected chi connectivity index (χ3v) is 3.94. The van der Waals surface area contributed by atoms with E-state index < -0.39 is 0 Å². The summed E-state index contributed by atoms with van der Waals surface area (Å²) in [6.07, 6.45) is 3.87. The first-order valence-electron chi connectivity index (χ1n) is 7.60. The van der Waals surface area contributed by atoms with Gasteiger partial charge in [-0.1, -0.05) is 42.8 Å². The molecule has 0 radical (unpaired) electrons. The summed E-state index contributed by atoms with van der Waals surface area (Å²) in [4.78, 5) is 10.8. The van der Waals surface area contributed by atoms with Crippen LogP contribution in [0.1, 0.15) is 45.6 Å². The van der Waals surface area contributed by atoms with Crippen molar-refractivity contribution in [3.05, 3.63) is 38.3 Å². The zero-order chi connectivity index (χ0) is 15.8. The van der Waals surface area contributed by atoms with Crippen molar-refractivity contribution in [1.82, 2.24) is 5.32 Å². The van der Waals surface area contributed by atoms with E-state index >= 15 is 0 Å². The maximum absolute atomic E-state index is 11.1. The van der Waals surface area contributed by atoms with Gasteiger partial charge in [0, 0.05) is 22.1 Å². The summed E-state index contributed by atoms with van der Waals surface area (Å²) < 4.78 is 0.751. The van der Waals surface area contributed by atoms with Crippen LogP contribution in [0.2, 0.25) is 0 Å². The molecular weight excluding hydrogens is 332 g/mol. The SMILES string of the molecule is CCCNC(CCc1ccc(Br)cc1[N+](=O)[O-])CC(C)C. The number of benzene rings is 1. The minimum absolute atomic E-state index is 0.211. The molecule has 1 N–H and O–H groups in total. The van der Waals surface area contributed by atoms with Crippen LogP contribution in [0.3, 0.4) is 0 Å². The van der Waals surface area contributed by atoms with E-state index in [1.165, 1.54) is 0 Å². The van der Waals surface area contributed by atoms with Gasteiger partial charge in [-0.25, -0.2) is 0 Å². The highest BCUT2D eigenvalue weighted by Gasteiger charge is 2.16. The van der Waals surface area contributed by atoms with Gasteiger partial charge in [0.1, 0.15) is 0 Å². The largest absolute Gasteiger partial charge is 0.314 e. The molecule has 0 aliphatic heterocycles. The van der Waals surface area contributed by atoms with Gasteiger partial charge in [-0.3, -0.25) is 10.1 Å². The topological polar surface area (TPSA) is 55.2 Å². The maximum atomic E-state index is 11.1. The Bertz CT molecular complexity index is 464. The zero-order valence-electron chi connectivity index (χ0n) is 13.1. The fourth-order valence-electron chi connectivity index (χ4n) is 2.47. The monoisotopic (exact) mass is 356 g/mol. The van der Waals surface area contributed by atoms with Gasteiger partial charge in [0.25, 0.3) is 5.69 Å². The molecule has 1 unspecified atom stereocenters. The first-order chi connectivity index (χ1) is 9.93. The summed E-state index contributed by atoms with van der Waals surface area (Å²) in [6, 6.07) is 5.74. The van der Waals surface area contributed by atoms with Gasteiger partial charge in [0.15, 0.2) is 0 Å². The zero-order valence-corrected chi connectivity index (χ0v) is 14.6. The molecule has 118 valence electrons. The molecule has 0 fully saturated rings. The lowest BCUT2D eigenvalue weighted by Crippen LogP contribution is -2.31. The third kappa shape index (κ3) is 6.57. The van der Waals surface area contributed by atoms with Crippen LogP contribution in [0.5, 0.6) is 0 Å². The molecule has 0 amide bonds. The second-order valence-electron chi connectivity index (χ2n) is 5.85. The normalized spacial score (nSPS) is 12.6. The second kappa shape index (κ2) is 9.15. The summed E-state index contributed by atoms with van der Waals surface area (Å²) >= 11 is 3.29. The molecule has 5 heteroatoms. The van der Waals surface area contributed by atoms with Crippen molar-refractivity contribution in [2.45, 2.75) is 52.5 Å². The van der Waals surface area contributed by atoms with E-state index in [1.807, 2.05) is 12.1 Å². The first kappa shape index (κ1) is 18.1. The highest BCUT2D eigenvalue weighted by molar-refractivity contribution is 9.10.